The van der Waals surface area contributed by atoms with Crippen molar-refractivity contribution in [3.05, 3.63) is 0 Å². The molecule has 20 heavy (non-hydrogen) atoms. The van der Waals surface area contributed by atoms with E-state index in [1.807, 2.05) is 0 Å². The number of hydrogen-bond acceptors (Lipinski definition) is 8. The van der Waals surface area contributed by atoms with Crippen molar-refractivity contribution in [2.24, 2.45) is 0 Å². The van der Waals surface area contributed by atoms with Gasteiger partial charge in [0.05, 0.1) is 0 Å². The lowest BCUT2D eigenvalue weighted by atomic mass is 11.0. The molecule has 0 aliphatic carbocycles. The molecule has 0 aliphatic heterocycles. The van der Waals surface area contributed by atoms with Crippen LogP contribution in [-0.2, 0) is 26.6 Å². The van der Waals surface area contributed by atoms with E-state index in [0.29, 0.717) is 0 Å². The molecule has 0 saturated heterocycles. The van der Waals surface area contributed by atoms with Gasteiger partial charge in [0.2, 0.25) is 0 Å². The average Bonchev–Trinajstić information content (AvgIpc) is 2.52. The fraction of sp³-hybridized carbons (Fsp3) is 1.00. The third kappa shape index (κ3) is 6.77. The quantitative estimate of drug-likeness (QED) is 0.281. The lowest BCUT2D eigenvalue weighted by molar-refractivity contribution is 0.125. The van der Waals surface area contributed by atoms with Crippen molar-refractivity contribution in [3.63, 3.8) is 0 Å². The Morgan fingerprint density at radius 2 is 0.800 bits per heavy atom. The van der Waals surface area contributed by atoms with Crippen LogP contribution in [0.15, 0.2) is 0 Å². The molecule has 10 heteroatoms. The van der Waals surface area contributed by atoms with Crippen molar-refractivity contribution >= 4 is 39.2 Å². The van der Waals surface area contributed by atoms with Crippen LogP contribution in [0.4, 0.5) is 0 Å². The minimum Gasteiger partial charge on any atom is -0.377 e. The minimum absolute atomic E-state index is 0.787. The molecule has 0 rings (SSSR count). The SMILES string of the molecule is CO[Si](CCSSCC[Si](OC)(OC)OC)(OC)OC. The molecular formula is C10H26O6S2Si2. The summed E-state index contributed by atoms with van der Waals surface area (Å²) in [6, 6.07) is 1.57. The highest BCUT2D eigenvalue weighted by atomic mass is 33.1. The lowest BCUT2D eigenvalue weighted by Gasteiger charge is -2.24. The fourth-order valence-electron chi connectivity index (χ4n) is 1.56. The smallest absolute Gasteiger partial charge is 0.377 e. The summed E-state index contributed by atoms with van der Waals surface area (Å²) < 4.78 is 32.2. The molecule has 6 nitrogen and oxygen atoms in total. The average molecular weight is 363 g/mol. The van der Waals surface area contributed by atoms with Crippen molar-refractivity contribution in [2.75, 3.05) is 54.2 Å². The number of hydrogen-bond donors (Lipinski definition) is 0. The van der Waals surface area contributed by atoms with Crippen LogP contribution < -0.4 is 0 Å². The van der Waals surface area contributed by atoms with E-state index in [4.69, 9.17) is 26.6 Å². The molecule has 0 fully saturated rings. The van der Waals surface area contributed by atoms with Gasteiger partial charge < -0.3 is 26.6 Å². The summed E-state index contributed by atoms with van der Waals surface area (Å²) in [5.41, 5.74) is 0. The van der Waals surface area contributed by atoms with Crippen molar-refractivity contribution in [2.45, 2.75) is 12.1 Å². The molecule has 122 valence electrons. The first kappa shape index (κ1) is 20.9. The van der Waals surface area contributed by atoms with Crippen molar-refractivity contribution in [1.82, 2.24) is 0 Å². The second-order valence-electron chi connectivity index (χ2n) is 3.73. The van der Waals surface area contributed by atoms with E-state index >= 15 is 0 Å². The second-order valence-corrected chi connectivity index (χ2v) is 12.6. The van der Waals surface area contributed by atoms with E-state index in [2.05, 4.69) is 0 Å². The van der Waals surface area contributed by atoms with Gasteiger partial charge >= 0.3 is 17.6 Å². The summed E-state index contributed by atoms with van der Waals surface area (Å²) in [6.45, 7) is 0. The zero-order valence-electron chi connectivity index (χ0n) is 13.1. The third-order valence-electron chi connectivity index (χ3n) is 2.93. The van der Waals surface area contributed by atoms with E-state index in [0.717, 1.165) is 23.6 Å². The first-order valence-corrected chi connectivity index (χ1v) is 12.5. The molecule has 0 spiro atoms. The maximum atomic E-state index is 5.37. The molecule has 0 radical (unpaired) electrons. The second kappa shape index (κ2) is 11.5. The van der Waals surface area contributed by atoms with Gasteiger partial charge in [-0.15, -0.1) is 0 Å². The van der Waals surface area contributed by atoms with Crippen molar-refractivity contribution < 1.29 is 26.6 Å². The van der Waals surface area contributed by atoms with Crippen molar-refractivity contribution in [1.29, 1.82) is 0 Å². The van der Waals surface area contributed by atoms with E-state index in [1.54, 1.807) is 64.2 Å². The normalized spacial score (nSPS) is 12.9. The minimum atomic E-state index is -2.43. The van der Waals surface area contributed by atoms with Crippen LogP contribution in [0, 0.1) is 0 Å². The topological polar surface area (TPSA) is 55.4 Å². The maximum absolute atomic E-state index is 5.37. The first-order chi connectivity index (χ1) is 9.57. The van der Waals surface area contributed by atoms with Crippen molar-refractivity contribution in [3.8, 4) is 0 Å². The van der Waals surface area contributed by atoms with Crippen LogP contribution >= 0.6 is 21.6 Å². The predicted molar refractivity (Wildman–Crippen MR) is 88.1 cm³/mol. The van der Waals surface area contributed by atoms with Gasteiger partial charge in [-0.2, -0.15) is 0 Å². The van der Waals surface area contributed by atoms with Gasteiger partial charge in [0, 0.05) is 66.3 Å². The summed E-state index contributed by atoms with van der Waals surface area (Å²) in [7, 11) is 8.45. The maximum Gasteiger partial charge on any atom is 0.501 e. The Labute approximate surface area is 132 Å². The Kier molecular flexibility index (Phi) is 12.0. The molecule has 0 amide bonds. The first-order valence-electron chi connectivity index (χ1n) is 6.13. The van der Waals surface area contributed by atoms with E-state index < -0.39 is 17.6 Å². The Hall–Kier alpha value is 0.894. The van der Waals surface area contributed by atoms with E-state index in [-0.39, 0.29) is 0 Å². The Morgan fingerprint density at radius 1 is 0.550 bits per heavy atom. The highest BCUT2D eigenvalue weighted by Gasteiger charge is 2.38. The summed E-state index contributed by atoms with van der Waals surface area (Å²) in [5, 5.41) is 0. The molecule has 0 unspecified atom stereocenters. The highest BCUT2D eigenvalue weighted by molar-refractivity contribution is 8.76. The van der Waals surface area contributed by atoms with Gasteiger partial charge in [-0.1, -0.05) is 21.6 Å². The van der Waals surface area contributed by atoms with Crippen LogP contribution in [0.5, 0.6) is 0 Å². The molecule has 0 atom stereocenters. The van der Waals surface area contributed by atoms with Gasteiger partial charge in [-0.05, 0) is 0 Å². The predicted octanol–water partition coefficient (Wildman–Crippen LogP) is 2.12. The van der Waals surface area contributed by atoms with Crippen LogP contribution in [0.2, 0.25) is 12.1 Å². The van der Waals surface area contributed by atoms with Crippen LogP contribution in [-0.4, -0.2) is 71.8 Å². The van der Waals surface area contributed by atoms with Gasteiger partial charge in [-0.25, -0.2) is 0 Å². The van der Waals surface area contributed by atoms with Gasteiger partial charge in [-0.3, -0.25) is 0 Å². The molecule has 0 N–H and O–H groups in total. The van der Waals surface area contributed by atoms with Gasteiger partial charge in [0.15, 0.2) is 0 Å². The molecule has 0 bridgehead atoms. The zero-order chi connectivity index (χ0) is 15.5. The molecule has 0 aliphatic rings. The van der Waals surface area contributed by atoms with E-state index in [9.17, 15) is 0 Å². The molecular weight excluding hydrogens is 336 g/mol. The number of rotatable bonds is 13. The monoisotopic (exact) mass is 362 g/mol. The fourth-order valence-corrected chi connectivity index (χ4v) is 8.90. The van der Waals surface area contributed by atoms with Crippen LogP contribution in [0.25, 0.3) is 0 Å². The Bertz CT molecular complexity index is 201. The van der Waals surface area contributed by atoms with Crippen LogP contribution in [0.3, 0.4) is 0 Å². The van der Waals surface area contributed by atoms with Gasteiger partial charge in [0.1, 0.15) is 0 Å². The zero-order valence-corrected chi connectivity index (χ0v) is 16.7. The summed E-state index contributed by atoms with van der Waals surface area (Å²) in [4.78, 5) is 0. The third-order valence-corrected chi connectivity index (χ3v) is 11.5. The van der Waals surface area contributed by atoms with Gasteiger partial charge in [0.25, 0.3) is 0 Å². The lowest BCUT2D eigenvalue weighted by Crippen LogP contribution is -2.43. The molecule has 0 aromatic rings. The summed E-state index contributed by atoms with van der Waals surface area (Å²) in [5.74, 6) is 1.82. The Morgan fingerprint density at radius 3 is 1.00 bits per heavy atom. The largest absolute Gasteiger partial charge is 0.501 e. The summed E-state index contributed by atoms with van der Waals surface area (Å²) >= 11 is 0. The molecule has 0 aromatic carbocycles. The standard InChI is InChI=1S/C10H26O6S2Si2/c1-11-19(12-2,13-3)9-7-17-18-8-10-20(14-4,15-5)16-6/h7-10H2,1-6H3. The summed E-state index contributed by atoms with van der Waals surface area (Å²) in [6.07, 6.45) is 0. The molecule has 0 heterocycles. The van der Waals surface area contributed by atoms with Crippen LogP contribution in [0.1, 0.15) is 0 Å². The van der Waals surface area contributed by atoms with E-state index in [1.165, 1.54) is 0 Å². The Balaban J connectivity index is 3.87. The highest BCUT2D eigenvalue weighted by Crippen LogP contribution is 2.28. The molecule has 0 aromatic heterocycles. The molecule has 0 saturated carbocycles.